The minimum Gasteiger partial charge on any atom is -0.396 e. The molecule has 1 aliphatic rings. The fourth-order valence-electron chi connectivity index (χ4n) is 3.37. The van der Waals surface area contributed by atoms with Crippen molar-refractivity contribution in [3.63, 3.8) is 0 Å². The van der Waals surface area contributed by atoms with E-state index >= 15 is 0 Å². The highest BCUT2D eigenvalue weighted by atomic mass is 32.2. The number of H-pyrrole nitrogens is 1. The maximum atomic E-state index is 13.0. The fourth-order valence-corrected chi connectivity index (χ4v) is 4.30. The number of carbonyl (C=O) groups excluding carboxylic acids is 5. The van der Waals surface area contributed by atoms with Gasteiger partial charge in [0, 0.05) is 42.4 Å². The van der Waals surface area contributed by atoms with Gasteiger partial charge in [-0.2, -0.15) is 5.10 Å². The molecular weight excluding hydrogens is 514 g/mol. The van der Waals surface area contributed by atoms with Crippen LogP contribution in [0, 0.1) is 5.41 Å². The summed E-state index contributed by atoms with van der Waals surface area (Å²) in [4.78, 5) is 62.4. The third-order valence-electron chi connectivity index (χ3n) is 5.70. The summed E-state index contributed by atoms with van der Waals surface area (Å²) in [6.45, 7) is 2.91. The molecule has 38 heavy (non-hydrogen) atoms. The Balaban J connectivity index is 1.47. The molecule has 1 aromatic heterocycles. The van der Waals surface area contributed by atoms with E-state index in [9.17, 15) is 34.2 Å². The predicted octanol–water partition coefficient (Wildman–Crippen LogP) is 0.660. The predicted molar refractivity (Wildman–Crippen MR) is 140 cm³/mol. The van der Waals surface area contributed by atoms with Gasteiger partial charge in [-0.15, -0.1) is 11.8 Å². The molecule has 0 radical (unpaired) electrons. The first kappa shape index (κ1) is 28.8. The number of Topliss-reactive ketones (excluding diaryl/α,β-unsaturated/α-hetero) is 1. The standard InChI is InChI=1S/C25H29N5O7S/c1-25(2,13-31)22(35)24(37)27-10-9-26-17(33)8-11-38-16-12-15(32)19-18(21(16)34)20(30-29-19)23(36)28-14-6-4-3-5-7-14/h3-7,12,22,31,35H,8-11,13H2,1-2H3,(H,26,33)(H,27,37)(H,28,36)(H,29,30)/t22-/m0/s1. The lowest BCUT2D eigenvalue weighted by molar-refractivity contribution is -0.137. The summed E-state index contributed by atoms with van der Waals surface area (Å²) in [5, 5.41) is 33.2. The molecule has 0 saturated heterocycles. The first-order valence-electron chi connectivity index (χ1n) is 11.8. The number of allylic oxidation sites excluding steroid dienone is 2. The lowest BCUT2D eigenvalue weighted by Crippen LogP contribution is -2.47. The number of thioether (sulfide) groups is 1. The van der Waals surface area contributed by atoms with Gasteiger partial charge in [0.15, 0.2) is 0 Å². The third-order valence-corrected chi connectivity index (χ3v) is 6.72. The molecule has 3 amide bonds. The molecule has 1 atom stereocenters. The van der Waals surface area contributed by atoms with Crippen molar-refractivity contribution in [3.05, 3.63) is 58.3 Å². The van der Waals surface area contributed by atoms with Crippen molar-refractivity contribution >= 4 is 46.7 Å². The molecule has 0 fully saturated rings. The highest BCUT2D eigenvalue weighted by molar-refractivity contribution is 8.04. The fraction of sp³-hybridized carbons (Fsp3) is 0.360. The molecular formula is C25H29N5O7S. The molecule has 0 aliphatic heterocycles. The SMILES string of the molecule is CC(C)(CO)[C@@H](O)C(=O)NCCNC(=O)CCSC1=CC(=O)c2n[nH]c(C(=O)Nc3ccccc3)c2C1=O. The number of aliphatic hydroxyl groups excluding tert-OH is 2. The Bertz CT molecular complexity index is 1260. The number of aliphatic hydroxyl groups is 2. The van der Waals surface area contributed by atoms with E-state index in [1.165, 1.54) is 0 Å². The van der Waals surface area contributed by atoms with Gasteiger partial charge in [0.1, 0.15) is 17.5 Å². The number of benzene rings is 1. The summed E-state index contributed by atoms with van der Waals surface area (Å²) in [6, 6.07) is 8.61. The Kier molecular flexibility index (Phi) is 9.55. The Morgan fingerprint density at radius 2 is 1.79 bits per heavy atom. The normalized spacial score (nSPS) is 13.8. The Morgan fingerprint density at radius 3 is 2.47 bits per heavy atom. The summed E-state index contributed by atoms with van der Waals surface area (Å²) in [5.74, 6) is -2.49. The summed E-state index contributed by atoms with van der Waals surface area (Å²) in [6.07, 6.45) is -0.233. The van der Waals surface area contributed by atoms with Crippen LogP contribution < -0.4 is 16.0 Å². The van der Waals surface area contributed by atoms with Crippen LogP contribution in [0.5, 0.6) is 0 Å². The molecule has 6 N–H and O–H groups in total. The molecule has 1 aliphatic carbocycles. The smallest absolute Gasteiger partial charge is 0.274 e. The van der Waals surface area contributed by atoms with Crippen LogP contribution in [0.4, 0.5) is 5.69 Å². The average Bonchev–Trinajstić information content (AvgIpc) is 3.36. The van der Waals surface area contributed by atoms with Crippen molar-refractivity contribution in [1.82, 2.24) is 20.8 Å². The zero-order valence-electron chi connectivity index (χ0n) is 20.9. The van der Waals surface area contributed by atoms with Crippen molar-refractivity contribution in [3.8, 4) is 0 Å². The summed E-state index contributed by atoms with van der Waals surface area (Å²) in [7, 11) is 0. The van der Waals surface area contributed by atoms with Crippen LogP contribution in [-0.2, 0) is 9.59 Å². The van der Waals surface area contributed by atoms with E-state index in [0.29, 0.717) is 5.69 Å². The van der Waals surface area contributed by atoms with Gasteiger partial charge in [-0.3, -0.25) is 29.1 Å². The van der Waals surface area contributed by atoms with E-state index in [4.69, 9.17) is 0 Å². The molecule has 202 valence electrons. The molecule has 0 saturated carbocycles. The minimum absolute atomic E-state index is 0.0250. The zero-order valence-corrected chi connectivity index (χ0v) is 21.7. The minimum atomic E-state index is -1.40. The number of para-hydroxylation sites is 1. The summed E-state index contributed by atoms with van der Waals surface area (Å²) >= 11 is 1.01. The van der Waals surface area contributed by atoms with E-state index in [1.54, 1.807) is 44.2 Å². The lowest BCUT2D eigenvalue weighted by Gasteiger charge is -2.27. The van der Waals surface area contributed by atoms with Gasteiger partial charge in [0.2, 0.25) is 23.4 Å². The first-order chi connectivity index (χ1) is 18.0. The van der Waals surface area contributed by atoms with Gasteiger partial charge < -0.3 is 26.2 Å². The number of amides is 3. The highest BCUT2D eigenvalue weighted by Crippen LogP contribution is 2.30. The number of hydrogen-bond donors (Lipinski definition) is 6. The second-order valence-corrected chi connectivity index (χ2v) is 10.3. The van der Waals surface area contributed by atoms with Crippen LogP contribution in [0.1, 0.15) is 51.6 Å². The van der Waals surface area contributed by atoms with E-state index in [0.717, 1.165) is 17.8 Å². The number of ketones is 2. The first-order valence-corrected chi connectivity index (χ1v) is 12.8. The Labute approximate surface area is 222 Å². The van der Waals surface area contributed by atoms with Crippen LogP contribution >= 0.6 is 11.8 Å². The summed E-state index contributed by atoms with van der Waals surface area (Å²) in [5.41, 5.74) is -0.858. The number of rotatable bonds is 12. The molecule has 13 heteroatoms. The highest BCUT2D eigenvalue weighted by Gasteiger charge is 2.34. The maximum Gasteiger partial charge on any atom is 0.274 e. The van der Waals surface area contributed by atoms with Crippen LogP contribution in [-0.4, -0.2) is 81.3 Å². The van der Waals surface area contributed by atoms with Crippen molar-refractivity contribution in [2.75, 3.05) is 30.8 Å². The number of aromatic nitrogens is 2. The van der Waals surface area contributed by atoms with Crippen molar-refractivity contribution in [2.24, 2.45) is 5.41 Å². The van der Waals surface area contributed by atoms with E-state index in [1.807, 2.05) is 0 Å². The number of fused-ring (bicyclic) bond motifs is 1. The number of nitrogens with one attached hydrogen (secondary N) is 4. The molecule has 1 heterocycles. The molecule has 3 rings (SSSR count). The van der Waals surface area contributed by atoms with Gasteiger partial charge in [-0.25, -0.2) is 0 Å². The lowest BCUT2D eigenvalue weighted by atomic mass is 9.87. The second kappa shape index (κ2) is 12.6. The molecule has 12 nitrogen and oxygen atoms in total. The topological polar surface area (TPSA) is 191 Å². The molecule has 0 bridgehead atoms. The molecule has 1 aromatic carbocycles. The van der Waals surface area contributed by atoms with Crippen molar-refractivity contribution < 1.29 is 34.2 Å². The van der Waals surface area contributed by atoms with Gasteiger partial charge in [-0.05, 0) is 12.1 Å². The van der Waals surface area contributed by atoms with Crippen molar-refractivity contribution in [2.45, 2.75) is 26.4 Å². The molecule has 0 spiro atoms. The van der Waals surface area contributed by atoms with E-state index < -0.39 is 34.9 Å². The van der Waals surface area contributed by atoms with Gasteiger partial charge >= 0.3 is 0 Å². The zero-order chi connectivity index (χ0) is 27.9. The number of anilines is 1. The van der Waals surface area contributed by atoms with Gasteiger partial charge in [0.25, 0.3) is 5.91 Å². The van der Waals surface area contributed by atoms with Crippen LogP contribution in [0.25, 0.3) is 0 Å². The Hall–Kier alpha value is -3.81. The van der Waals surface area contributed by atoms with Gasteiger partial charge in [0.05, 0.1) is 17.1 Å². The summed E-state index contributed by atoms with van der Waals surface area (Å²) < 4.78 is 0. The quantitative estimate of drug-likeness (QED) is 0.209. The number of carbonyl (C=O) groups is 5. The van der Waals surface area contributed by atoms with E-state index in [2.05, 4.69) is 26.1 Å². The number of aromatic amines is 1. The van der Waals surface area contributed by atoms with Crippen molar-refractivity contribution in [1.29, 1.82) is 0 Å². The maximum absolute atomic E-state index is 13.0. The molecule has 0 unspecified atom stereocenters. The second-order valence-electron chi connectivity index (χ2n) is 9.13. The van der Waals surface area contributed by atoms with Crippen LogP contribution in [0.2, 0.25) is 0 Å². The average molecular weight is 544 g/mol. The molecule has 2 aromatic rings. The van der Waals surface area contributed by atoms with E-state index in [-0.39, 0.29) is 59.6 Å². The largest absolute Gasteiger partial charge is 0.396 e. The van der Waals surface area contributed by atoms with Crippen LogP contribution in [0.15, 0.2) is 41.3 Å². The number of nitrogens with zero attached hydrogens (tertiary/aromatic N) is 1. The van der Waals surface area contributed by atoms with Crippen LogP contribution in [0.3, 0.4) is 0 Å². The monoisotopic (exact) mass is 543 g/mol. The van der Waals surface area contributed by atoms with Gasteiger partial charge in [-0.1, -0.05) is 32.0 Å². The number of hydrogen-bond acceptors (Lipinski definition) is 9. The third kappa shape index (κ3) is 6.94. The Morgan fingerprint density at radius 1 is 1.11 bits per heavy atom.